The SMILES string of the molecule is CN(CCCNC1CCC1C(=O)O)c1ccccc1. The second-order valence-corrected chi connectivity index (χ2v) is 5.19. The van der Waals surface area contributed by atoms with Crippen LogP contribution < -0.4 is 10.2 Å². The zero-order valence-corrected chi connectivity index (χ0v) is 11.4. The van der Waals surface area contributed by atoms with Crippen molar-refractivity contribution >= 4 is 11.7 Å². The molecule has 19 heavy (non-hydrogen) atoms. The first-order valence-electron chi connectivity index (χ1n) is 6.91. The standard InChI is InChI=1S/C15H22N2O2/c1-17(12-6-3-2-4-7-12)11-5-10-16-14-9-8-13(14)15(18)19/h2-4,6-7,13-14,16H,5,8-11H2,1H3,(H,18,19). The van der Waals surface area contributed by atoms with Gasteiger partial charge in [0, 0.05) is 25.3 Å². The Labute approximate surface area is 114 Å². The summed E-state index contributed by atoms with van der Waals surface area (Å²) in [6.07, 6.45) is 2.83. The van der Waals surface area contributed by atoms with E-state index in [4.69, 9.17) is 5.11 Å². The van der Waals surface area contributed by atoms with Gasteiger partial charge in [0.05, 0.1) is 5.92 Å². The Morgan fingerprint density at radius 2 is 2.11 bits per heavy atom. The molecule has 0 radical (unpaired) electrons. The number of rotatable bonds is 7. The van der Waals surface area contributed by atoms with Crippen LogP contribution in [-0.4, -0.2) is 37.3 Å². The van der Waals surface area contributed by atoms with E-state index in [0.717, 1.165) is 32.4 Å². The molecule has 0 heterocycles. The van der Waals surface area contributed by atoms with Gasteiger partial charge in [0.2, 0.25) is 0 Å². The van der Waals surface area contributed by atoms with Gasteiger partial charge < -0.3 is 15.3 Å². The number of carboxylic acids is 1. The Balaban J connectivity index is 1.63. The van der Waals surface area contributed by atoms with Crippen LogP contribution in [0.3, 0.4) is 0 Å². The van der Waals surface area contributed by atoms with Gasteiger partial charge in [0.15, 0.2) is 0 Å². The predicted molar refractivity (Wildman–Crippen MR) is 76.5 cm³/mol. The molecule has 1 aromatic carbocycles. The van der Waals surface area contributed by atoms with Crippen LogP contribution in [0.1, 0.15) is 19.3 Å². The first kappa shape index (κ1) is 13.9. The van der Waals surface area contributed by atoms with Crippen LogP contribution in [0.5, 0.6) is 0 Å². The van der Waals surface area contributed by atoms with E-state index >= 15 is 0 Å². The van der Waals surface area contributed by atoms with Gasteiger partial charge in [0.25, 0.3) is 0 Å². The zero-order valence-electron chi connectivity index (χ0n) is 11.4. The molecule has 1 aliphatic rings. The first-order chi connectivity index (χ1) is 9.18. The molecule has 2 unspecified atom stereocenters. The largest absolute Gasteiger partial charge is 0.481 e. The normalized spacial score (nSPS) is 21.7. The predicted octanol–water partition coefficient (Wildman–Crippen LogP) is 1.97. The monoisotopic (exact) mass is 262 g/mol. The van der Waals surface area contributed by atoms with E-state index in [1.807, 2.05) is 18.2 Å². The average molecular weight is 262 g/mol. The minimum atomic E-state index is -0.662. The fourth-order valence-electron chi connectivity index (χ4n) is 2.46. The number of aliphatic carboxylic acids is 1. The summed E-state index contributed by atoms with van der Waals surface area (Å²) in [5.74, 6) is -0.836. The highest BCUT2D eigenvalue weighted by atomic mass is 16.4. The van der Waals surface area contributed by atoms with Crippen molar-refractivity contribution in [2.75, 3.05) is 25.0 Å². The lowest BCUT2D eigenvalue weighted by Gasteiger charge is -2.34. The summed E-state index contributed by atoms with van der Waals surface area (Å²) in [7, 11) is 2.08. The third-order valence-corrected chi connectivity index (χ3v) is 3.87. The third-order valence-electron chi connectivity index (χ3n) is 3.87. The van der Waals surface area contributed by atoms with Crippen LogP contribution in [0.2, 0.25) is 0 Å². The topological polar surface area (TPSA) is 52.6 Å². The average Bonchev–Trinajstić information content (AvgIpc) is 2.37. The molecule has 0 aliphatic heterocycles. The first-order valence-corrected chi connectivity index (χ1v) is 6.91. The summed E-state index contributed by atoms with van der Waals surface area (Å²) < 4.78 is 0. The van der Waals surface area contributed by atoms with E-state index in [2.05, 4.69) is 29.4 Å². The number of nitrogens with zero attached hydrogens (tertiary/aromatic N) is 1. The van der Waals surface area contributed by atoms with Crippen molar-refractivity contribution in [3.63, 3.8) is 0 Å². The summed E-state index contributed by atoms with van der Waals surface area (Å²) in [6.45, 7) is 1.85. The number of nitrogens with one attached hydrogen (secondary N) is 1. The molecule has 2 atom stereocenters. The molecule has 1 saturated carbocycles. The number of para-hydroxylation sites is 1. The van der Waals surface area contributed by atoms with Gasteiger partial charge in [-0.2, -0.15) is 0 Å². The highest BCUT2D eigenvalue weighted by molar-refractivity contribution is 5.72. The molecule has 0 bridgehead atoms. The lowest BCUT2D eigenvalue weighted by Crippen LogP contribution is -2.48. The molecule has 104 valence electrons. The van der Waals surface area contributed by atoms with E-state index in [1.165, 1.54) is 5.69 Å². The number of benzene rings is 1. The zero-order chi connectivity index (χ0) is 13.7. The van der Waals surface area contributed by atoms with Crippen LogP contribution in [0.25, 0.3) is 0 Å². The molecule has 0 amide bonds. The molecule has 4 nitrogen and oxygen atoms in total. The second-order valence-electron chi connectivity index (χ2n) is 5.19. The molecule has 0 spiro atoms. The number of carbonyl (C=O) groups is 1. The number of hydrogen-bond acceptors (Lipinski definition) is 3. The third kappa shape index (κ3) is 3.70. The lowest BCUT2D eigenvalue weighted by molar-refractivity contribution is -0.146. The minimum Gasteiger partial charge on any atom is -0.481 e. The Morgan fingerprint density at radius 1 is 1.37 bits per heavy atom. The number of carboxylic acid groups (broad SMARTS) is 1. The van der Waals surface area contributed by atoms with Gasteiger partial charge in [-0.3, -0.25) is 4.79 Å². The summed E-state index contributed by atoms with van der Waals surface area (Å²) in [5.41, 5.74) is 1.22. The maximum atomic E-state index is 10.9. The number of hydrogen-bond donors (Lipinski definition) is 2. The molecular formula is C15H22N2O2. The van der Waals surface area contributed by atoms with Crippen LogP contribution in [-0.2, 0) is 4.79 Å². The fourth-order valence-corrected chi connectivity index (χ4v) is 2.46. The van der Waals surface area contributed by atoms with E-state index in [0.29, 0.717) is 0 Å². The Kier molecular flexibility index (Phi) is 4.80. The van der Waals surface area contributed by atoms with Crippen molar-refractivity contribution in [3.8, 4) is 0 Å². The van der Waals surface area contributed by atoms with Crippen LogP contribution in [0.4, 0.5) is 5.69 Å². The molecule has 0 aromatic heterocycles. The molecular weight excluding hydrogens is 240 g/mol. The minimum absolute atomic E-state index is 0.174. The van der Waals surface area contributed by atoms with Gasteiger partial charge >= 0.3 is 5.97 Å². The van der Waals surface area contributed by atoms with Gasteiger partial charge in [-0.1, -0.05) is 18.2 Å². The second kappa shape index (κ2) is 6.57. The van der Waals surface area contributed by atoms with E-state index in [-0.39, 0.29) is 12.0 Å². The number of anilines is 1. The summed E-state index contributed by atoms with van der Waals surface area (Å²) in [6, 6.07) is 10.5. The molecule has 1 aromatic rings. The lowest BCUT2D eigenvalue weighted by atomic mass is 9.79. The molecule has 1 aliphatic carbocycles. The summed E-state index contributed by atoms with van der Waals surface area (Å²) >= 11 is 0. The maximum Gasteiger partial charge on any atom is 0.308 e. The summed E-state index contributed by atoms with van der Waals surface area (Å²) in [5, 5.41) is 12.3. The van der Waals surface area contributed by atoms with E-state index < -0.39 is 5.97 Å². The molecule has 4 heteroatoms. The van der Waals surface area contributed by atoms with Gasteiger partial charge in [-0.25, -0.2) is 0 Å². The van der Waals surface area contributed by atoms with Crippen molar-refractivity contribution in [1.82, 2.24) is 5.32 Å². The highest BCUT2D eigenvalue weighted by Crippen LogP contribution is 2.27. The molecule has 1 fully saturated rings. The Hall–Kier alpha value is -1.55. The Morgan fingerprint density at radius 3 is 2.68 bits per heavy atom. The fraction of sp³-hybridized carbons (Fsp3) is 0.533. The van der Waals surface area contributed by atoms with E-state index in [1.54, 1.807) is 0 Å². The van der Waals surface area contributed by atoms with Gasteiger partial charge in [-0.05, 0) is 37.9 Å². The quantitative estimate of drug-likeness (QED) is 0.738. The van der Waals surface area contributed by atoms with Crippen LogP contribution in [0, 0.1) is 5.92 Å². The van der Waals surface area contributed by atoms with Crippen molar-refractivity contribution in [1.29, 1.82) is 0 Å². The maximum absolute atomic E-state index is 10.9. The van der Waals surface area contributed by atoms with Crippen molar-refractivity contribution in [3.05, 3.63) is 30.3 Å². The van der Waals surface area contributed by atoms with Crippen LogP contribution >= 0.6 is 0 Å². The Bertz CT molecular complexity index is 408. The highest BCUT2D eigenvalue weighted by Gasteiger charge is 2.35. The van der Waals surface area contributed by atoms with Crippen molar-refractivity contribution in [2.45, 2.75) is 25.3 Å². The van der Waals surface area contributed by atoms with Crippen molar-refractivity contribution in [2.24, 2.45) is 5.92 Å². The van der Waals surface area contributed by atoms with Crippen LogP contribution in [0.15, 0.2) is 30.3 Å². The van der Waals surface area contributed by atoms with Gasteiger partial charge in [0.1, 0.15) is 0 Å². The molecule has 2 N–H and O–H groups in total. The molecule has 2 rings (SSSR count). The van der Waals surface area contributed by atoms with E-state index in [9.17, 15) is 4.79 Å². The molecule has 0 saturated heterocycles. The van der Waals surface area contributed by atoms with Gasteiger partial charge in [-0.15, -0.1) is 0 Å². The summed E-state index contributed by atoms with van der Waals surface area (Å²) in [4.78, 5) is 13.1. The van der Waals surface area contributed by atoms with Crippen molar-refractivity contribution < 1.29 is 9.90 Å². The smallest absolute Gasteiger partial charge is 0.308 e.